The zero-order chi connectivity index (χ0) is 16.8. The molecular weight excluding hydrogens is 284 g/mol. The maximum absolute atomic E-state index is 11.2. The van der Waals surface area contributed by atoms with Gasteiger partial charge in [-0.3, -0.25) is 9.79 Å². The highest BCUT2D eigenvalue weighted by Crippen LogP contribution is 2.17. The van der Waals surface area contributed by atoms with Gasteiger partial charge in [0.2, 0.25) is 0 Å². The van der Waals surface area contributed by atoms with Gasteiger partial charge in [0.1, 0.15) is 0 Å². The van der Waals surface area contributed by atoms with Crippen molar-refractivity contribution in [2.75, 3.05) is 5.32 Å². The van der Waals surface area contributed by atoms with E-state index < -0.39 is 0 Å². The Kier molecular flexibility index (Phi) is 5.47. The molecule has 23 heavy (non-hydrogen) atoms. The first-order valence-electron chi connectivity index (χ1n) is 7.59. The minimum absolute atomic E-state index is 0.489. The van der Waals surface area contributed by atoms with Crippen LogP contribution in [0.5, 0.6) is 0 Å². The molecule has 0 heterocycles. The standard InChI is InChI=1S/C20H22N2O/c1-14-5-15(2)8-19(7-14)21-11-18(13-23)12-22-20-9-16(3)6-17(4)10-20/h5-13,21H,1-4H3/b18-11-,22-12?. The van der Waals surface area contributed by atoms with Gasteiger partial charge in [0.15, 0.2) is 6.29 Å². The fourth-order valence-corrected chi connectivity index (χ4v) is 2.50. The molecule has 0 fully saturated rings. The highest BCUT2D eigenvalue weighted by Gasteiger charge is 1.97. The molecular formula is C20H22N2O. The lowest BCUT2D eigenvalue weighted by Crippen LogP contribution is -1.95. The fraction of sp³-hybridized carbons (Fsp3) is 0.200. The minimum atomic E-state index is 0.489. The molecule has 0 unspecified atom stereocenters. The molecule has 1 N–H and O–H groups in total. The van der Waals surface area contributed by atoms with Crippen LogP contribution in [0.4, 0.5) is 11.4 Å². The minimum Gasteiger partial charge on any atom is -0.361 e. The van der Waals surface area contributed by atoms with E-state index >= 15 is 0 Å². The van der Waals surface area contributed by atoms with Gasteiger partial charge in [0.25, 0.3) is 0 Å². The molecule has 0 bridgehead atoms. The lowest BCUT2D eigenvalue weighted by molar-refractivity contribution is -0.104. The summed E-state index contributed by atoms with van der Waals surface area (Å²) in [6, 6.07) is 12.3. The second-order valence-corrected chi connectivity index (χ2v) is 5.89. The van der Waals surface area contributed by atoms with Crippen LogP contribution >= 0.6 is 0 Å². The summed E-state index contributed by atoms with van der Waals surface area (Å²) in [5.41, 5.74) is 6.96. The largest absolute Gasteiger partial charge is 0.361 e. The van der Waals surface area contributed by atoms with Crippen molar-refractivity contribution in [1.82, 2.24) is 0 Å². The number of carbonyl (C=O) groups excluding carboxylic acids is 1. The van der Waals surface area contributed by atoms with Crippen molar-refractivity contribution in [2.45, 2.75) is 27.7 Å². The van der Waals surface area contributed by atoms with Crippen molar-refractivity contribution in [3.63, 3.8) is 0 Å². The van der Waals surface area contributed by atoms with Crippen molar-refractivity contribution < 1.29 is 4.79 Å². The number of aldehydes is 1. The molecule has 0 aliphatic rings. The third-order valence-corrected chi connectivity index (χ3v) is 3.33. The van der Waals surface area contributed by atoms with Gasteiger partial charge in [-0.2, -0.15) is 0 Å². The van der Waals surface area contributed by atoms with Crippen LogP contribution in [0.15, 0.2) is 53.2 Å². The first kappa shape index (κ1) is 16.7. The quantitative estimate of drug-likeness (QED) is 0.489. The predicted molar refractivity (Wildman–Crippen MR) is 97.8 cm³/mol. The average molecular weight is 306 g/mol. The lowest BCUT2D eigenvalue weighted by Gasteiger charge is -2.05. The van der Waals surface area contributed by atoms with Gasteiger partial charge in [0.05, 0.1) is 5.69 Å². The molecule has 2 aromatic rings. The topological polar surface area (TPSA) is 41.5 Å². The molecule has 0 aliphatic heterocycles. The van der Waals surface area contributed by atoms with Crippen LogP contribution in [-0.4, -0.2) is 12.5 Å². The maximum Gasteiger partial charge on any atom is 0.153 e. The van der Waals surface area contributed by atoms with Gasteiger partial charge in [0, 0.05) is 23.7 Å². The summed E-state index contributed by atoms with van der Waals surface area (Å²) < 4.78 is 0. The van der Waals surface area contributed by atoms with Crippen molar-refractivity contribution in [1.29, 1.82) is 0 Å². The van der Waals surface area contributed by atoms with Crippen molar-refractivity contribution >= 4 is 23.9 Å². The summed E-state index contributed by atoms with van der Waals surface area (Å²) in [7, 11) is 0. The molecule has 2 aromatic carbocycles. The molecule has 0 atom stereocenters. The van der Waals surface area contributed by atoms with Crippen LogP contribution in [0.2, 0.25) is 0 Å². The smallest absolute Gasteiger partial charge is 0.153 e. The highest BCUT2D eigenvalue weighted by molar-refractivity contribution is 6.02. The first-order valence-corrected chi connectivity index (χ1v) is 7.59. The molecule has 2 rings (SSSR count). The van der Waals surface area contributed by atoms with E-state index in [1.165, 1.54) is 11.1 Å². The van der Waals surface area contributed by atoms with E-state index in [0.717, 1.165) is 28.8 Å². The third-order valence-electron chi connectivity index (χ3n) is 3.33. The number of anilines is 1. The molecule has 118 valence electrons. The van der Waals surface area contributed by atoms with E-state index in [-0.39, 0.29) is 0 Å². The van der Waals surface area contributed by atoms with Gasteiger partial charge in [-0.15, -0.1) is 0 Å². The van der Waals surface area contributed by atoms with Crippen LogP contribution in [0, 0.1) is 27.7 Å². The van der Waals surface area contributed by atoms with Crippen LogP contribution in [0.1, 0.15) is 22.3 Å². The van der Waals surface area contributed by atoms with Gasteiger partial charge in [-0.1, -0.05) is 12.1 Å². The van der Waals surface area contributed by atoms with Gasteiger partial charge < -0.3 is 5.32 Å². The number of benzene rings is 2. The van der Waals surface area contributed by atoms with E-state index in [0.29, 0.717) is 5.57 Å². The summed E-state index contributed by atoms with van der Waals surface area (Å²) in [5, 5.41) is 3.15. The highest BCUT2D eigenvalue weighted by atomic mass is 16.1. The van der Waals surface area contributed by atoms with Crippen LogP contribution in [0.3, 0.4) is 0 Å². The maximum atomic E-state index is 11.2. The van der Waals surface area contributed by atoms with E-state index in [4.69, 9.17) is 0 Å². The zero-order valence-electron chi connectivity index (χ0n) is 14.1. The third kappa shape index (κ3) is 5.22. The Hall–Kier alpha value is -2.68. The number of nitrogens with zero attached hydrogens (tertiary/aromatic N) is 1. The number of carbonyl (C=O) groups is 1. The van der Waals surface area contributed by atoms with Crippen LogP contribution in [0.25, 0.3) is 0 Å². The normalized spacial score (nSPS) is 11.7. The molecule has 0 aromatic heterocycles. The Morgan fingerprint density at radius 3 is 1.91 bits per heavy atom. The summed E-state index contributed by atoms with van der Waals surface area (Å²) >= 11 is 0. The second-order valence-electron chi connectivity index (χ2n) is 5.89. The SMILES string of the molecule is Cc1cc(C)cc(N=C/C(C=O)=C/Nc2cc(C)cc(C)c2)c1. The summed E-state index contributed by atoms with van der Waals surface area (Å²) in [4.78, 5) is 15.6. The van der Waals surface area contributed by atoms with Crippen molar-refractivity contribution in [3.05, 3.63) is 70.4 Å². The second kappa shape index (κ2) is 7.54. The Labute approximate surface area is 137 Å². The Bertz CT molecular complexity index is 733. The Morgan fingerprint density at radius 2 is 1.39 bits per heavy atom. The van der Waals surface area contributed by atoms with Gasteiger partial charge >= 0.3 is 0 Å². The number of nitrogens with one attached hydrogen (secondary N) is 1. The number of aliphatic imine (C=N–C) groups is 1. The summed E-state index contributed by atoms with van der Waals surface area (Å²) in [6.07, 6.45) is 4.05. The first-order chi connectivity index (χ1) is 11.0. The monoisotopic (exact) mass is 306 g/mol. The molecule has 0 aliphatic carbocycles. The summed E-state index contributed by atoms with van der Waals surface area (Å²) in [5.74, 6) is 0. The molecule has 3 nitrogen and oxygen atoms in total. The van der Waals surface area contributed by atoms with E-state index in [1.54, 1.807) is 12.4 Å². The molecule has 3 heteroatoms. The van der Waals surface area contributed by atoms with Gasteiger partial charge in [-0.05, 0) is 74.2 Å². The Morgan fingerprint density at radius 1 is 0.870 bits per heavy atom. The number of hydrogen-bond acceptors (Lipinski definition) is 3. The average Bonchev–Trinajstić information content (AvgIpc) is 2.45. The molecule has 0 saturated carbocycles. The van der Waals surface area contributed by atoms with Crippen molar-refractivity contribution in [2.24, 2.45) is 4.99 Å². The molecule has 0 saturated heterocycles. The van der Waals surface area contributed by atoms with Crippen LogP contribution in [-0.2, 0) is 4.79 Å². The predicted octanol–water partition coefficient (Wildman–Crippen LogP) is 4.82. The molecule has 0 amide bonds. The number of hydrogen-bond donors (Lipinski definition) is 1. The zero-order valence-corrected chi connectivity index (χ0v) is 14.1. The number of rotatable bonds is 5. The van der Waals surface area contributed by atoms with E-state index in [2.05, 4.69) is 22.4 Å². The molecule has 0 radical (unpaired) electrons. The van der Waals surface area contributed by atoms with E-state index in [1.807, 2.05) is 52.0 Å². The fourth-order valence-electron chi connectivity index (χ4n) is 2.50. The number of aryl methyl sites for hydroxylation is 4. The Balaban J connectivity index is 2.15. The number of allylic oxidation sites excluding steroid dienone is 1. The van der Waals surface area contributed by atoms with Crippen LogP contribution < -0.4 is 5.32 Å². The summed E-state index contributed by atoms with van der Waals surface area (Å²) in [6.45, 7) is 8.16. The molecule has 0 spiro atoms. The van der Waals surface area contributed by atoms with Crippen molar-refractivity contribution in [3.8, 4) is 0 Å². The lowest BCUT2D eigenvalue weighted by atomic mass is 10.1. The van der Waals surface area contributed by atoms with Gasteiger partial charge in [-0.25, -0.2) is 0 Å². The van der Waals surface area contributed by atoms with E-state index in [9.17, 15) is 4.79 Å².